The highest BCUT2D eigenvalue weighted by Crippen LogP contribution is 2.27. The molecule has 0 spiro atoms. The molecule has 2 aromatic rings. The second-order valence-electron chi connectivity index (χ2n) is 4.60. The number of amides is 1. The summed E-state index contributed by atoms with van der Waals surface area (Å²) in [7, 11) is 1.63. The second-order valence-corrected chi connectivity index (χ2v) is 4.60. The summed E-state index contributed by atoms with van der Waals surface area (Å²) in [5.41, 5.74) is 6.32. The van der Waals surface area contributed by atoms with Crippen LogP contribution < -0.4 is 15.6 Å². The van der Waals surface area contributed by atoms with Gasteiger partial charge in [-0.3, -0.25) is 10.2 Å². The molecule has 0 aliphatic rings. The molecule has 0 saturated heterocycles. The number of rotatable bonds is 6. The van der Waals surface area contributed by atoms with E-state index in [-0.39, 0.29) is 5.91 Å². The summed E-state index contributed by atoms with van der Waals surface area (Å²) in [6.07, 6.45) is 2.12. The van der Waals surface area contributed by atoms with Crippen molar-refractivity contribution >= 4 is 16.7 Å². The van der Waals surface area contributed by atoms with E-state index in [1.165, 1.54) is 0 Å². The Morgan fingerprint density at radius 2 is 1.90 bits per heavy atom. The van der Waals surface area contributed by atoms with Crippen LogP contribution >= 0.6 is 0 Å². The lowest BCUT2D eigenvalue weighted by molar-refractivity contribution is 0.0935. The monoisotopic (exact) mass is 272 g/mol. The highest BCUT2D eigenvalue weighted by molar-refractivity contribution is 6.08. The fourth-order valence-corrected chi connectivity index (χ4v) is 2.13. The molecule has 2 rings (SSSR count). The number of carbonyl (C=O) groups excluding carboxylic acids is 1. The van der Waals surface area contributed by atoms with Crippen LogP contribution in [0, 0.1) is 0 Å². The molecule has 4 nitrogen and oxygen atoms in total. The summed E-state index contributed by atoms with van der Waals surface area (Å²) >= 11 is 0. The van der Waals surface area contributed by atoms with Crippen LogP contribution in [-0.2, 0) is 0 Å². The fourth-order valence-electron chi connectivity index (χ4n) is 2.13. The van der Waals surface area contributed by atoms with E-state index in [1.807, 2.05) is 36.4 Å². The van der Waals surface area contributed by atoms with Gasteiger partial charge in [0.2, 0.25) is 0 Å². The maximum Gasteiger partial charge on any atom is 0.266 e. The number of unbranched alkanes of at least 4 members (excludes halogenated alkanes) is 1. The van der Waals surface area contributed by atoms with Crippen molar-refractivity contribution in [1.82, 2.24) is 10.9 Å². The van der Waals surface area contributed by atoms with Gasteiger partial charge in [0.1, 0.15) is 5.75 Å². The molecule has 20 heavy (non-hydrogen) atoms. The molecule has 0 unspecified atom stereocenters. The van der Waals surface area contributed by atoms with Crippen LogP contribution in [0.4, 0.5) is 0 Å². The molecule has 0 fully saturated rings. The van der Waals surface area contributed by atoms with E-state index >= 15 is 0 Å². The Balaban J connectivity index is 2.23. The van der Waals surface area contributed by atoms with E-state index in [0.717, 1.165) is 35.9 Å². The Hall–Kier alpha value is -2.07. The molecule has 0 heterocycles. The van der Waals surface area contributed by atoms with Gasteiger partial charge in [0.05, 0.1) is 7.11 Å². The van der Waals surface area contributed by atoms with E-state index in [0.29, 0.717) is 5.56 Å². The number of ether oxygens (including phenoxy) is 1. The standard InChI is InChI=1S/C16H20N2O2/c1-3-4-11-17-18-16(19)14-9-5-8-13-12(14)7-6-10-15(13)20-2/h5-10,17H,3-4,11H2,1-2H3,(H,18,19). The van der Waals surface area contributed by atoms with E-state index < -0.39 is 0 Å². The molecular weight excluding hydrogens is 252 g/mol. The minimum atomic E-state index is -0.125. The first kappa shape index (κ1) is 14.3. The van der Waals surface area contributed by atoms with Crippen molar-refractivity contribution in [1.29, 1.82) is 0 Å². The number of nitrogens with one attached hydrogen (secondary N) is 2. The number of hydrogen-bond donors (Lipinski definition) is 2. The zero-order valence-corrected chi connectivity index (χ0v) is 11.9. The lowest BCUT2D eigenvalue weighted by Crippen LogP contribution is -2.37. The van der Waals surface area contributed by atoms with Gasteiger partial charge in [-0.15, -0.1) is 0 Å². The summed E-state index contributed by atoms with van der Waals surface area (Å²) in [6, 6.07) is 11.4. The van der Waals surface area contributed by atoms with E-state index in [1.54, 1.807) is 7.11 Å². The molecule has 0 aliphatic heterocycles. The van der Waals surface area contributed by atoms with Crippen LogP contribution in [0.25, 0.3) is 10.8 Å². The molecule has 2 aromatic carbocycles. The van der Waals surface area contributed by atoms with E-state index in [2.05, 4.69) is 17.8 Å². The maximum atomic E-state index is 12.2. The fraction of sp³-hybridized carbons (Fsp3) is 0.312. The van der Waals surface area contributed by atoms with Gasteiger partial charge in [-0.2, -0.15) is 0 Å². The first-order valence-electron chi connectivity index (χ1n) is 6.87. The third-order valence-corrected chi connectivity index (χ3v) is 3.20. The van der Waals surface area contributed by atoms with E-state index in [4.69, 9.17) is 4.74 Å². The predicted molar refractivity (Wildman–Crippen MR) is 80.9 cm³/mol. The normalized spacial score (nSPS) is 10.5. The Morgan fingerprint density at radius 1 is 1.15 bits per heavy atom. The average Bonchev–Trinajstić information content (AvgIpc) is 2.50. The highest BCUT2D eigenvalue weighted by Gasteiger charge is 2.11. The van der Waals surface area contributed by atoms with Gasteiger partial charge in [-0.25, -0.2) is 5.43 Å². The van der Waals surface area contributed by atoms with Gasteiger partial charge in [-0.1, -0.05) is 37.6 Å². The molecule has 0 atom stereocenters. The Bertz CT molecular complexity index is 596. The van der Waals surface area contributed by atoms with Crippen molar-refractivity contribution in [2.24, 2.45) is 0 Å². The zero-order chi connectivity index (χ0) is 14.4. The second kappa shape index (κ2) is 6.91. The number of carbonyl (C=O) groups is 1. The van der Waals surface area contributed by atoms with Gasteiger partial charge < -0.3 is 4.74 Å². The van der Waals surface area contributed by atoms with Gasteiger partial charge in [-0.05, 0) is 23.9 Å². The summed E-state index contributed by atoms with van der Waals surface area (Å²) in [6.45, 7) is 2.89. The Kier molecular flexibility index (Phi) is 4.96. The molecular formula is C16H20N2O2. The van der Waals surface area contributed by atoms with Gasteiger partial charge in [0, 0.05) is 17.5 Å². The smallest absolute Gasteiger partial charge is 0.266 e. The minimum absolute atomic E-state index is 0.125. The third kappa shape index (κ3) is 3.08. The zero-order valence-electron chi connectivity index (χ0n) is 11.9. The summed E-state index contributed by atoms with van der Waals surface area (Å²) in [5.74, 6) is 0.649. The molecule has 106 valence electrons. The highest BCUT2D eigenvalue weighted by atomic mass is 16.5. The molecule has 1 amide bonds. The van der Waals surface area contributed by atoms with Crippen molar-refractivity contribution in [2.45, 2.75) is 19.8 Å². The van der Waals surface area contributed by atoms with Crippen molar-refractivity contribution in [3.8, 4) is 5.75 Å². The van der Waals surface area contributed by atoms with Gasteiger partial charge >= 0.3 is 0 Å². The van der Waals surface area contributed by atoms with E-state index in [9.17, 15) is 4.79 Å². The Labute approximate surface area is 119 Å². The molecule has 0 aliphatic carbocycles. The van der Waals surface area contributed by atoms with Crippen molar-refractivity contribution in [3.05, 3.63) is 42.0 Å². The van der Waals surface area contributed by atoms with Crippen LogP contribution in [0.15, 0.2) is 36.4 Å². The summed E-state index contributed by atoms with van der Waals surface area (Å²) in [4.78, 5) is 12.2. The lowest BCUT2D eigenvalue weighted by Gasteiger charge is -2.10. The summed E-state index contributed by atoms with van der Waals surface area (Å²) in [5, 5.41) is 1.83. The van der Waals surface area contributed by atoms with Crippen LogP contribution in [0.5, 0.6) is 5.75 Å². The average molecular weight is 272 g/mol. The number of hydrogen-bond acceptors (Lipinski definition) is 3. The maximum absolute atomic E-state index is 12.2. The first-order valence-corrected chi connectivity index (χ1v) is 6.87. The molecule has 0 bridgehead atoms. The molecule has 0 aromatic heterocycles. The largest absolute Gasteiger partial charge is 0.496 e. The third-order valence-electron chi connectivity index (χ3n) is 3.20. The number of benzene rings is 2. The topological polar surface area (TPSA) is 50.4 Å². The van der Waals surface area contributed by atoms with Crippen LogP contribution in [-0.4, -0.2) is 19.6 Å². The number of hydrazine groups is 1. The van der Waals surface area contributed by atoms with Gasteiger partial charge in [0.25, 0.3) is 5.91 Å². The quantitative estimate of drug-likeness (QED) is 0.628. The lowest BCUT2D eigenvalue weighted by atomic mass is 10.0. The number of methoxy groups -OCH3 is 1. The van der Waals surface area contributed by atoms with Crippen molar-refractivity contribution in [3.63, 3.8) is 0 Å². The molecule has 0 saturated carbocycles. The van der Waals surface area contributed by atoms with Crippen molar-refractivity contribution < 1.29 is 9.53 Å². The molecule has 4 heteroatoms. The summed E-state index contributed by atoms with van der Waals surface area (Å²) < 4.78 is 5.33. The minimum Gasteiger partial charge on any atom is -0.496 e. The van der Waals surface area contributed by atoms with Gasteiger partial charge in [0.15, 0.2) is 0 Å². The Morgan fingerprint density at radius 3 is 2.65 bits per heavy atom. The van der Waals surface area contributed by atoms with Crippen LogP contribution in [0.3, 0.4) is 0 Å². The number of fused-ring (bicyclic) bond motifs is 1. The van der Waals surface area contributed by atoms with Crippen molar-refractivity contribution in [2.75, 3.05) is 13.7 Å². The molecule has 2 N–H and O–H groups in total. The SMILES string of the molecule is CCCCNNC(=O)c1cccc2c(OC)cccc12. The predicted octanol–water partition coefficient (Wildman–Crippen LogP) is 2.88. The molecule has 0 radical (unpaired) electrons. The van der Waals surface area contributed by atoms with Crippen LogP contribution in [0.2, 0.25) is 0 Å². The van der Waals surface area contributed by atoms with Crippen LogP contribution in [0.1, 0.15) is 30.1 Å². The first-order chi connectivity index (χ1) is 9.77.